The maximum atomic E-state index is 6.03. The second kappa shape index (κ2) is 7.17. The first-order valence-electron chi connectivity index (χ1n) is 8.67. The summed E-state index contributed by atoms with van der Waals surface area (Å²) in [6, 6.07) is 12.0. The number of hydrogen-bond acceptors (Lipinski definition) is 3. The number of anilines is 1. The van der Waals surface area contributed by atoms with Crippen molar-refractivity contribution in [3.63, 3.8) is 0 Å². The largest absolute Gasteiger partial charge is 0.439 e. The Morgan fingerprint density at radius 3 is 2.67 bits per heavy atom. The Morgan fingerprint density at radius 2 is 1.89 bits per heavy atom. The lowest BCUT2D eigenvalue weighted by Gasteiger charge is -2.11. The van der Waals surface area contributed by atoms with Crippen molar-refractivity contribution in [1.82, 2.24) is 0 Å². The normalized spacial score (nSPS) is 15.5. The molecule has 0 saturated heterocycles. The highest BCUT2D eigenvalue weighted by Gasteiger charge is 2.24. The number of halogens is 2. The van der Waals surface area contributed by atoms with Gasteiger partial charge >= 0.3 is 5.89 Å². The topological polar surface area (TPSA) is 29.5 Å². The Balaban J connectivity index is 1.71. The van der Waals surface area contributed by atoms with Crippen molar-refractivity contribution in [2.24, 2.45) is 7.05 Å². The van der Waals surface area contributed by atoms with Gasteiger partial charge in [-0.1, -0.05) is 38.8 Å². The predicted molar refractivity (Wildman–Crippen MR) is 115 cm³/mol. The van der Waals surface area contributed by atoms with E-state index >= 15 is 0 Å². The van der Waals surface area contributed by atoms with Crippen molar-refractivity contribution in [1.29, 1.82) is 0 Å². The molecule has 3 aromatic rings. The Bertz CT molecular complexity index is 1100. The molecule has 1 aliphatic rings. The summed E-state index contributed by atoms with van der Waals surface area (Å²) in [5, 5.41) is 0. The van der Waals surface area contributed by atoms with Crippen LogP contribution in [0.3, 0.4) is 0 Å². The van der Waals surface area contributed by atoms with Crippen molar-refractivity contribution in [3.05, 3.63) is 68.8 Å². The summed E-state index contributed by atoms with van der Waals surface area (Å²) in [4.78, 5) is 2.05. The van der Waals surface area contributed by atoms with E-state index in [2.05, 4.69) is 72.5 Å². The van der Waals surface area contributed by atoms with Gasteiger partial charge in [-0.3, -0.25) is 0 Å². The third-order valence-electron chi connectivity index (χ3n) is 4.68. The highest BCUT2D eigenvalue weighted by molar-refractivity contribution is 9.10. The molecule has 0 radical (unpaired) electrons. The Morgan fingerprint density at radius 1 is 1.15 bits per heavy atom. The van der Waals surface area contributed by atoms with Gasteiger partial charge in [0.1, 0.15) is 7.05 Å². The van der Waals surface area contributed by atoms with Crippen LogP contribution in [0.5, 0.6) is 5.75 Å². The van der Waals surface area contributed by atoms with Gasteiger partial charge in [-0.15, -0.1) is 0 Å². The van der Waals surface area contributed by atoms with Crippen LogP contribution in [0.25, 0.3) is 17.2 Å². The summed E-state index contributed by atoms with van der Waals surface area (Å²) in [6.45, 7) is 2.13. The molecule has 0 saturated carbocycles. The summed E-state index contributed by atoms with van der Waals surface area (Å²) >= 11 is 7.04. The Hall–Kier alpha value is -2.05. The zero-order valence-electron chi connectivity index (χ0n) is 15.3. The van der Waals surface area contributed by atoms with Gasteiger partial charge in [-0.25, -0.2) is 0 Å². The zero-order valence-corrected chi connectivity index (χ0v) is 18.5. The summed E-state index contributed by atoms with van der Waals surface area (Å²) in [7, 11) is 4.02. The fourth-order valence-corrected chi connectivity index (χ4v) is 3.79. The molecular formula is C21H19Br2N2O2+. The number of nitrogens with zero attached hydrogens (tertiary/aromatic N) is 2. The number of hydrogen-bond donors (Lipinski definition) is 0. The summed E-state index contributed by atoms with van der Waals surface area (Å²) in [6.07, 6.45) is 5.00. The molecule has 4 nitrogen and oxygen atoms in total. The SMILES string of the molecule is CCC(=Cc1oc2ccc(Br)cc2[n+]1C)C=C1Oc2ccc(Br)cc2N1C. The molecule has 2 aromatic carbocycles. The minimum Gasteiger partial charge on any atom is -0.439 e. The molecule has 2 heterocycles. The number of oxazole rings is 1. The summed E-state index contributed by atoms with van der Waals surface area (Å²) in [5.41, 5.74) is 4.08. The second-order valence-electron chi connectivity index (χ2n) is 6.44. The van der Waals surface area contributed by atoms with Gasteiger partial charge in [0.15, 0.2) is 5.75 Å². The van der Waals surface area contributed by atoms with Gasteiger partial charge < -0.3 is 14.1 Å². The molecule has 4 rings (SSSR count). The molecule has 1 aliphatic heterocycles. The monoisotopic (exact) mass is 489 g/mol. The van der Waals surface area contributed by atoms with Crippen LogP contribution in [-0.4, -0.2) is 7.05 Å². The standard InChI is InChI=1S/C21H19Br2N2O2/c1-4-13(9-20-24(2)16-11-14(22)5-7-18(16)26-20)10-21-25(3)17-12-15(23)6-8-19(17)27-21/h5-12H,4H2,1-3H3/q+1. The number of aryl methyl sites for hydroxylation is 1. The average molecular weight is 491 g/mol. The number of benzene rings is 2. The molecule has 27 heavy (non-hydrogen) atoms. The van der Waals surface area contributed by atoms with Gasteiger partial charge in [-0.2, -0.15) is 4.57 Å². The van der Waals surface area contributed by atoms with Crippen molar-refractivity contribution in [3.8, 4) is 5.75 Å². The average Bonchev–Trinajstić information content (AvgIpc) is 3.12. The second-order valence-corrected chi connectivity index (χ2v) is 8.27. The van der Waals surface area contributed by atoms with Crippen LogP contribution in [0.15, 0.2) is 67.3 Å². The number of fused-ring (bicyclic) bond motifs is 2. The van der Waals surface area contributed by atoms with Gasteiger partial charge in [0.2, 0.25) is 11.5 Å². The molecule has 0 fully saturated rings. The van der Waals surface area contributed by atoms with Gasteiger partial charge in [-0.05, 0) is 42.3 Å². The van der Waals surface area contributed by atoms with Crippen molar-refractivity contribution in [2.75, 3.05) is 11.9 Å². The van der Waals surface area contributed by atoms with E-state index in [9.17, 15) is 0 Å². The van der Waals surface area contributed by atoms with Gasteiger partial charge in [0.25, 0.3) is 5.52 Å². The Kier molecular flexibility index (Phi) is 4.86. The molecule has 0 atom stereocenters. The molecule has 138 valence electrons. The van der Waals surface area contributed by atoms with Crippen LogP contribution in [0.1, 0.15) is 19.2 Å². The van der Waals surface area contributed by atoms with Crippen LogP contribution in [-0.2, 0) is 7.05 Å². The van der Waals surface area contributed by atoms with Crippen molar-refractivity contribution < 1.29 is 13.7 Å². The van der Waals surface area contributed by atoms with E-state index in [1.165, 1.54) is 0 Å². The number of rotatable bonds is 3. The van der Waals surface area contributed by atoms with Gasteiger partial charge in [0.05, 0.1) is 11.8 Å². The maximum absolute atomic E-state index is 6.03. The third-order valence-corrected chi connectivity index (χ3v) is 5.67. The molecule has 0 unspecified atom stereocenters. The molecule has 6 heteroatoms. The van der Waals surface area contributed by atoms with E-state index in [1.807, 2.05) is 38.4 Å². The predicted octanol–water partition coefficient (Wildman–Crippen LogP) is 5.95. The summed E-state index contributed by atoms with van der Waals surface area (Å²) < 4.78 is 16.2. The third kappa shape index (κ3) is 3.44. The first-order chi connectivity index (χ1) is 13.0. The van der Waals surface area contributed by atoms with Crippen LogP contribution < -0.4 is 14.2 Å². The minimum absolute atomic E-state index is 0.803. The minimum atomic E-state index is 0.803. The smallest absolute Gasteiger partial charge is 0.374 e. The highest BCUT2D eigenvalue weighted by atomic mass is 79.9. The van der Waals surface area contributed by atoms with Crippen LogP contribution in [0.2, 0.25) is 0 Å². The van der Waals surface area contributed by atoms with E-state index in [0.29, 0.717) is 0 Å². The van der Waals surface area contributed by atoms with E-state index in [1.54, 1.807) is 0 Å². The summed E-state index contributed by atoms with van der Waals surface area (Å²) in [5.74, 6) is 2.47. The van der Waals surface area contributed by atoms with E-state index in [0.717, 1.165) is 55.2 Å². The van der Waals surface area contributed by atoms with Crippen molar-refractivity contribution in [2.45, 2.75) is 13.3 Å². The number of aromatic nitrogens is 1. The van der Waals surface area contributed by atoms with Crippen LogP contribution in [0.4, 0.5) is 5.69 Å². The number of ether oxygens (including phenoxy) is 1. The molecule has 0 spiro atoms. The lowest BCUT2D eigenvalue weighted by Crippen LogP contribution is -2.29. The zero-order chi connectivity index (χ0) is 19.1. The number of allylic oxidation sites excluding steroid dienone is 2. The molecule has 0 aliphatic carbocycles. The Labute approximate surface area is 175 Å². The fraction of sp³-hybridized carbons (Fsp3) is 0.190. The van der Waals surface area contributed by atoms with Gasteiger partial charge in [0, 0.05) is 28.1 Å². The maximum Gasteiger partial charge on any atom is 0.374 e. The van der Waals surface area contributed by atoms with E-state index in [-0.39, 0.29) is 0 Å². The van der Waals surface area contributed by atoms with Crippen LogP contribution in [0, 0.1) is 0 Å². The lowest BCUT2D eigenvalue weighted by molar-refractivity contribution is -0.652. The first-order valence-corrected chi connectivity index (χ1v) is 10.3. The molecule has 0 bridgehead atoms. The quantitative estimate of drug-likeness (QED) is 0.425. The highest BCUT2D eigenvalue weighted by Crippen LogP contribution is 2.40. The molecular weight excluding hydrogens is 472 g/mol. The van der Waals surface area contributed by atoms with Crippen LogP contribution >= 0.6 is 31.9 Å². The lowest BCUT2D eigenvalue weighted by atomic mass is 10.2. The fourth-order valence-electron chi connectivity index (χ4n) is 3.09. The van der Waals surface area contributed by atoms with Crippen molar-refractivity contribution >= 4 is 54.7 Å². The van der Waals surface area contributed by atoms with E-state index in [4.69, 9.17) is 9.15 Å². The first kappa shape index (κ1) is 18.3. The molecule has 0 N–H and O–H groups in total. The van der Waals surface area contributed by atoms with E-state index < -0.39 is 0 Å². The molecule has 1 aromatic heterocycles. The molecule has 0 amide bonds.